The molecule has 0 amide bonds. The molecular weight excluding hydrogens is 468 g/mol. The van der Waals surface area contributed by atoms with E-state index in [0.717, 1.165) is 6.42 Å². The standard InChI is InChI=1S/C27H32O9/c1-15-7-8-25-13-32-23(30)22-26(36-22)9-10-31-16(21(26)29)5-3-4-6-20(28)35-17-12-19(34-18(25)11-15)27(14-33-27)24(17,25)2/h4-6,11,17-19,21-22,29H,3,7-10,12-14H2,1-2H3/b6-4-,16-5+/t17-,18-,19+,21?,22-,24?,25?,26-,27+/m1/s1. The van der Waals surface area contributed by atoms with Crippen molar-refractivity contribution in [3.8, 4) is 0 Å². The second-order valence-electron chi connectivity index (χ2n) is 11.6. The van der Waals surface area contributed by atoms with Crippen LogP contribution in [0.15, 0.2) is 35.6 Å². The monoisotopic (exact) mass is 500 g/mol. The lowest BCUT2D eigenvalue weighted by molar-refractivity contribution is -0.233. The fourth-order valence-corrected chi connectivity index (χ4v) is 7.72. The van der Waals surface area contributed by atoms with Crippen molar-refractivity contribution < 1.29 is 43.1 Å². The van der Waals surface area contributed by atoms with Gasteiger partial charge in [-0.3, -0.25) is 0 Å². The van der Waals surface area contributed by atoms with Crippen molar-refractivity contribution in [3.05, 3.63) is 35.6 Å². The van der Waals surface area contributed by atoms with Crippen molar-refractivity contribution in [3.63, 3.8) is 0 Å². The van der Waals surface area contributed by atoms with Gasteiger partial charge in [0.1, 0.15) is 35.8 Å². The molecule has 9 atom stereocenters. The molecule has 36 heavy (non-hydrogen) atoms. The van der Waals surface area contributed by atoms with Crippen LogP contribution in [-0.4, -0.2) is 78.6 Å². The van der Waals surface area contributed by atoms with Gasteiger partial charge in [0.15, 0.2) is 6.10 Å². The normalized spacial score (nSPS) is 53.5. The number of allylic oxidation sites excluding steroid dienone is 3. The number of rotatable bonds is 0. The smallest absolute Gasteiger partial charge is 0.338 e. The zero-order valence-corrected chi connectivity index (χ0v) is 20.6. The molecule has 1 saturated carbocycles. The Morgan fingerprint density at radius 1 is 1.11 bits per heavy atom. The van der Waals surface area contributed by atoms with E-state index in [1.54, 1.807) is 12.2 Å². The van der Waals surface area contributed by atoms with E-state index >= 15 is 0 Å². The molecule has 5 heterocycles. The molecule has 194 valence electrons. The number of cyclic esters (lactones) is 1. The second-order valence-corrected chi connectivity index (χ2v) is 11.6. The average molecular weight is 501 g/mol. The van der Waals surface area contributed by atoms with E-state index in [9.17, 15) is 14.7 Å². The second kappa shape index (κ2) is 7.43. The van der Waals surface area contributed by atoms with E-state index in [1.807, 2.05) is 0 Å². The third kappa shape index (κ3) is 2.80. The lowest BCUT2D eigenvalue weighted by Crippen LogP contribution is -2.66. The van der Waals surface area contributed by atoms with Gasteiger partial charge in [0.2, 0.25) is 0 Å². The minimum Gasteiger partial charge on any atom is -0.495 e. The van der Waals surface area contributed by atoms with Gasteiger partial charge in [-0.15, -0.1) is 0 Å². The summed E-state index contributed by atoms with van der Waals surface area (Å²) >= 11 is 0. The summed E-state index contributed by atoms with van der Waals surface area (Å²) in [4.78, 5) is 26.2. The Bertz CT molecular complexity index is 1100. The quantitative estimate of drug-likeness (QED) is 0.302. The summed E-state index contributed by atoms with van der Waals surface area (Å²) < 4.78 is 36.3. The highest BCUT2D eigenvalue weighted by Crippen LogP contribution is 2.72. The highest BCUT2D eigenvalue weighted by Gasteiger charge is 2.83. The van der Waals surface area contributed by atoms with Crippen molar-refractivity contribution in [2.24, 2.45) is 10.8 Å². The first kappa shape index (κ1) is 23.0. The maximum atomic E-state index is 13.3. The van der Waals surface area contributed by atoms with Gasteiger partial charge in [-0.25, -0.2) is 9.59 Å². The molecular formula is C27H32O9. The number of hydrogen-bond donors (Lipinski definition) is 1. The number of epoxide rings is 2. The predicted molar refractivity (Wildman–Crippen MR) is 122 cm³/mol. The Morgan fingerprint density at radius 3 is 2.75 bits per heavy atom. The Balaban J connectivity index is 1.30. The molecule has 7 aliphatic rings. The summed E-state index contributed by atoms with van der Waals surface area (Å²) in [7, 11) is 0. The van der Waals surface area contributed by atoms with Crippen molar-refractivity contribution in [1.82, 2.24) is 0 Å². The van der Waals surface area contributed by atoms with Gasteiger partial charge >= 0.3 is 11.9 Å². The largest absolute Gasteiger partial charge is 0.495 e. The number of carbonyl (C=O) groups is 2. The highest BCUT2D eigenvalue weighted by molar-refractivity contribution is 5.82. The number of ether oxygens (including phenoxy) is 6. The number of hydrogen-bond acceptors (Lipinski definition) is 9. The summed E-state index contributed by atoms with van der Waals surface area (Å²) in [6, 6.07) is 0. The zero-order chi connectivity index (χ0) is 24.9. The average Bonchev–Trinajstić information content (AvgIpc) is 3.76. The maximum Gasteiger partial charge on any atom is 0.338 e. The molecule has 5 aliphatic heterocycles. The van der Waals surface area contributed by atoms with E-state index in [2.05, 4.69) is 19.9 Å². The van der Waals surface area contributed by atoms with Gasteiger partial charge in [-0.05, 0) is 32.3 Å². The van der Waals surface area contributed by atoms with Crippen molar-refractivity contribution in [2.45, 2.75) is 87.7 Å². The number of esters is 2. The third-order valence-electron chi connectivity index (χ3n) is 10.1. The maximum absolute atomic E-state index is 13.3. The van der Waals surface area contributed by atoms with E-state index in [1.165, 1.54) is 11.6 Å². The van der Waals surface area contributed by atoms with Crippen molar-refractivity contribution in [1.29, 1.82) is 0 Å². The molecule has 7 rings (SSSR count). The molecule has 4 bridgehead atoms. The minimum absolute atomic E-state index is 0.0870. The predicted octanol–water partition coefficient (Wildman–Crippen LogP) is 1.88. The molecule has 5 fully saturated rings. The van der Waals surface area contributed by atoms with Crippen molar-refractivity contribution >= 4 is 11.9 Å². The molecule has 9 nitrogen and oxygen atoms in total. The number of aliphatic hydroxyl groups excluding tert-OH is 1. The summed E-state index contributed by atoms with van der Waals surface area (Å²) in [6.07, 6.45) is 6.90. The van der Waals surface area contributed by atoms with Crippen LogP contribution in [0.4, 0.5) is 0 Å². The Kier molecular flexibility index (Phi) is 4.74. The van der Waals surface area contributed by atoms with E-state index in [-0.39, 0.29) is 18.8 Å². The minimum atomic E-state index is -1.08. The number of carbonyl (C=O) groups excluding carboxylic acids is 2. The van der Waals surface area contributed by atoms with Crippen LogP contribution in [0.5, 0.6) is 0 Å². The zero-order valence-electron chi connectivity index (χ0n) is 20.6. The van der Waals surface area contributed by atoms with Gasteiger partial charge in [-0.2, -0.15) is 0 Å². The molecule has 1 N–H and O–H groups in total. The van der Waals surface area contributed by atoms with Gasteiger partial charge in [0.05, 0.1) is 30.8 Å². The van der Waals surface area contributed by atoms with Crippen LogP contribution in [0.3, 0.4) is 0 Å². The molecule has 0 aromatic carbocycles. The number of aliphatic hydroxyl groups is 1. The highest BCUT2D eigenvalue weighted by atomic mass is 16.7. The molecule has 3 spiro atoms. The molecule has 9 heteroatoms. The molecule has 4 saturated heterocycles. The van der Waals surface area contributed by atoms with Gasteiger partial charge < -0.3 is 33.5 Å². The Morgan fingerprint density at radius 2 is 1.94 bits per heavy atom. The van der Waals surface area contributed by atoms with Crippen LogP contribution < -0.4 is 0 Å². The van der Waals surface area contributed by atoms with Gasteiger partial charge in [0, 0.05) is 24.3 Å². The van der Waals surface area contributed by atoms with Crippen molar-refractivity contribution in [2.75, 3.05) is 19.8 Å². The van der Waals surface area contributed by atoms with Gasteiger partial charge in [-0.1, -0.05) is 24.6 Å². The van der Waals surface area contributed by atoms with E-state index in [4.69, 9.17) is 28.4 Å². The number of fused-ring (bicyclic) bond motifs is 1. The van der Waals surface area contributed by atoms with E-state index < -0.39 is 52.3 Å². The first-order chi connectivity index (χ1) is 17.3. The van der Waals surface area contributed by atoms with Crippen LogP contribution in [0.25, 0.3) is 0 Å². The van der Waals surface area contributed by atoms with Crippen LogP contribution in [-0.2, 0) is 38.0 Å². The fourth-order valence-electron chi connectivity index (χ4n) is 7.72. The summed E-state index contributed by atoms with van der Waals surface area (Å²) in [5.41, 5.74) is -1.63. The lowest BCUT2D eigenvalue weighted by Gasteiger charge is -2.58. The molecule has 2 aliphatic carbocycles. The molecule has 3 unspecified atom stereocenters. The summed E-state index contributed by atoms with van der Waals surface area (Å²) in [5, 5.41) is 10.9. The summed E-state index contributed by atoms with van der Waals surface area (Å²) in [5.74, 6) is -0.588. The van der Waals surface area contributed by atoms with Crippen LogP contribution >= 0.6 is 0 Å². The SMILES string of the molecule is CC1=C[C@H]2O[C@H]3C[C@H]4OC(=O)/C=C\C/C=C5/OCC[C@@]6(O[C@@H]6C(=O)OCC2(CC1)C4(C)[C@]31CO1)C5O. The van der Waals surface area contributed by atoms with Crippen LogP contribution in [0.2, 0.25) is 0 Å². The summed E-state index contributed by atoms with van der Waals surface area (Å²) in [6.45, 7) is 5.14. The van der Waals surface area contributed by atoms with Gasteiger partial charge in [0.25, 0.3) is 0 Å². The first-order valence-corrected chi connectivity index (χ1v) is 13.0. The first-order valence-electron chi connectivity index (χ1n) is 13.0. The Hall–Kier alpha value is -2.20. The molecule has 0 radical (unpaired) electrons. The van der Waals surface area contributed by atoms with Crippen LogP contribution in [0, 0.1) is 10.8 Å². The van der Waals surface area contributed by atoms with E-state index in [0.29, 0.717) is 44.7 Å². The third-order valence-corrected chi connectivity index (χ3v) is 10.1. The topological polar surface area (TPSA) is 116 Å². The van der Waals surface area contributed by atoms with Crippen LogP contribution in [0.1, 0.15) is 46.0 Å². The Labute approximate surface area is 209 Å². The molecule has 0 aromatic rings. The lowest BCUT2D eigenvalue weighted by atomic mass is 9.51. The fraction of sp³-hybridized carbons (Fsp3) is 0.704. The molecule has 0 aromatic heterocycles.